The van der Waals surface area contributed by atoms with Crippen molar-refractivity contribution in [3.63, 3.8) is 0 Å². The van der Waals surface area contributed by atoms with Gasteiger partial charge < -0.3 is 0 Å². The second-order valence-corrected chi connectivity index (χ2v) is 16.8. The molecule has 226 valence electrons. The molecular weight excluding hydrogens is 553 g/mol. The minimum Gasteiger partial charge on any atom is -0.295 e. The van der Waals surface area contributed by atoms with Crippen LogP contribution in [0.2, 0.25) is 0 Å². The summed E-state index contributed by atoms with van der Waals surface area (Å²) in [4.78, 5) is 27.3. The van der Waals surface area contributed by atoms with E-state index in [1.807, 2.05) is 13.8 Å². The maximum Gasteiger partial charge on any atom is 0.404 e. The van der Waals surface area contributed by atoms with E-state index in [1.54, 1.807) is 12.2 Å². The Kier molecular flexibility index (Phi) is 6.70. The van der Waals surface area contributed by atoms with Crippen LogP contribution in [-0.2, 0) is 19.6 Å². The number of nitrogens with zero attached hydrogens (tertiary/aromatic N) is 1. The average Bonchev–Trinajstić information content (AvgIpc) is 2.82. The lowest BCUT2D eigenvalue weighted by Gasteiger charge is -2.68. The lowest BCUT2D eigenvalue weighted by atomic mass is 9.36. The number of carbonyl (C=O) groups excluding carboxylic acids is 2. The highest BCUT2D eigenvalue weighted by molar-refractivity contribution is 7.89. The monoisotopic (exact) mass is 594 g/mol. The van der Waals surface area contributed by atoms with Crippen molar-refractivity contribution in [2.75, 3.05) is 5.75 Å². The lowest BCUT2D eigenvalue weighted by Crippen LogP contribution is -2.69. The molecule has 5 rings (SSSR count). The van der Waals surface area contributed by atoms with Gasteiger partial charge in [-0.25, -0.2) is 13.1 Å². The number of Topliss-reactive ketones (excluding diaryl/α,β-unsaturated/α-hetero) is 1. The first kappa shape index (κ1) is 30.5. The summed E-state index contributed by atoms with van der Waals surface area (Å²) in [6.45, 7) is 12.3. The summed E-state index contributed by atoms with van der Waals surface area (Å²) in [6, 6.07) is 2.07. The van der Waals surface area contributed by atoms with Crippen LogP contribution in [0.25, 0.3) is 0 Å². The highest BCUT2D eigenvalue weighted by Crippen LogP contribution is 2.72. The summed E-state index contributed by atoms with van der Waals surface area (Å²) in [6.07, 6.45) is 2.44. The van der Waals surface area contributed by atoms with Gasteiger partial charge in [0.25, 0.3) is 0 Å². The van der Waals surface area contributed by atoms with Crippen molar-refractivity contribution in [3.8, 4) is 6.07 Å². The molecule has 1 N–H and O–H groups in total. The first-order valence-electron chi connectivity index (χ1n) is 14.7. The van der Waals surface area contributed by atoms with E-state index in [2.05, 4.69) is 38.5 Å². The molecule has 5 aliphatic rings. The smallest absolute Gasteiger partial charge is 0.295 e. The molecule has 3 fully saturated rings. The van der Waals surface area contributed by atoms with Gasteiger partial charge in [0.2, 0.25) is 10.0 Å². The summed E-state index contributed by atoms with van der Waals surface area (Å²) in [5.41, 5.74) is -2.00. The third-order valence-electron chi connectivity index (χ3n) is 12.2. The summed E-state index contributed by atoms with van der Waals surface area (Å²) < 4.78 is 67.9. The second kappa shape index (κ2) is 9.01. The Hall–Kier alpha value is -1.99. The number of nitrogens with one attached hydrogen (secondary N) is 1. The highest BCUT2D eigenvalue weighted by Gasteiger charge is 2.69. The maximum atomic E-state index is 14.4. The molecule has 0 radical (unpaired) electrons. The SMILES string of the molecule is CC1C(=O)C(C#N)=CC2(C)C3=CC(=O)C4C5CC(C)(C)CCC5(NS(=O)(=O)CC(F)(F)F)CCC4(C)C3(C)CCC12. The number of sulfonamides is 1. The molecule has 0 aromatic heterocycles. The molecule has 0 aromatic rings. The summed E-state index contributed by atoms with van der Waals surface area (Å²) in [5, 5.41) is 9.75. The van der Waals surface area contributed by atoms with Crippen LogP contribution in [0.3, 0.4) is 0 Å². The molecule has 3 saturated carbocycles. The van der Waals surface area contributed by atoms with Crippen LogP contribution in [0.1, 0.15) is 86.5 Å². The number of fused-ring (bicyclic) bond motifs is 7. The van der Waals surface area contributed by atoms with Crippen LogP contribution >= 0.6 is 0 Å². The molecule has 6 nitrogen and oxygen atoms in total. The van der Waals surface area contributed by atoms with Crippen LogP contribution in [0.15, 0.2) is 23.3 Å². The molecule has 0 aromatic carbocycles. The van der Waals surface area contributed by atoms with Gasteiger partial charge >= 0.3 is 6.18 Å². The van der Waals surface area contributed by atoms with Crippen molar-refractivity contribution >= 4 is 21.6 Å². The summed E-state index contributed by atoms with van der Waals surface area (Å²) >= 11 is 0. The standard InChI is InChI=1S/C31H41F3N2O4S/c1-18-20-7-8-28(5)23(27(20,4)14-19(16-35)25(18)38)13-22(37)24-21-15-26(2,3)9-11-30(21,12-10-29(24,28)6)36-41(39,40)17-31(32,33)34/h13-14,18,20-21,24,36H,7-12,15,17H2,1-6H3. The molecule has 41 heavy (non-hydrogen) atoms. The van der Waals surface area contributed by atoms with E-state index in [-0.39, 0.29) is 34.4 Å². The van der Waals surface area contributed by atoms with Gasteiger partial charge in [-0.3, -0.25) is 9.59 Å². The topological polar surface area (TPSA) is 104 Å². The van der Waals surface area contributed by atoms with E-state index in [9.17, 15) is 36.4 Å². The van der Waals surface area contributed by atoms with Gasteiger partial charge in [0.1, 0.15) is 6.07 Å². The van der Waals surface area contributed by atoms with Crippen molar-refractivity contribution in [3.05, 3.63) is 23.3 Å². The number of hydrogen-bond acceptors (Lipinski definition) is 5. The van der Waals surface area contributed by atoms with Gasteiger partial charge in [-0.05, 0) is 79.1 Å². The first-order chi connectivity index (χ1) is 18.6. The minimum atomic E-state index is -4.87. The molecule has 0 heterocycles. The van der Waals surface area contributed by atoms with Crippen molar-refractivity contribution in [1.29, 1.82) is 5.26 Å². The molecule has 0 saturated heterocycles. The van der Waals surface area contributed by atoms with Gasteiger partial charge in [0.15, 0.2) is 17.3 Å². The number of halogens is 3. The van der Waals surface area contributed by atoms with Crippen molar-refractivity contribution in [2.45, 2.75) is 98.2 Å². The molecule has 10 heteroatoms. The first-order valence-corrected chi connectivity index (χ1v) is 16.3. The van der Waals surface area contributed by atoms with Crippen molar-refractivity contribution in [2.24, 2.45) is 45.3 Å². The molecular formula is C31H41F3N2O4S. The Balaban J connectivity index is 1.64. The van der Waals surface area contributed by atoms with E-state index in [0.29, 0.717) is 32.1 Å². The van der Waals surface area contributed by atoms with E-state index in [1.165, 1.54) is 0 Å². The number of ketones is 2. The predicted octanol–water partition coefficient (Wildman–Crippen LogP) is 6.05. The molecule has 0 spiro atoms. The lowest BCUT2D eigenvalue weighted by molar-refractivity contribution is -0.157. The van der Waals surface area contributed by atoms with Crippen molar-refractivity contribution in [1.82, 2.24) is 4.72 Å². The van der Waals surface area contributed by atoms with Gasteiger partial charge in [0, 0.05) is 22.8 Å². The molecule has 8 atom stereocenters. The minimum absolute atomic E-state index is 0.0511. The fourth-order valence-corrected chi connectivity index (χ4v) is 11.5. The fraction of sp³-hybridized carbons (Fsp3) is 0.774. The van der Waals surface area contributed by atoms with E-state index in [0.717, 1.165) is 18.4 Å². The number of carbonyl (C=O) groups is 2. The fourth-order valence-electron chi connectivity index (χ4n) is 9.99. The Morgan fingerprint density at radius 2 is 1.66 bits per heavy atom. The zero-order chi connectivity index (χ0) is 30.6. The predicted molar refractivity (Wildman–Crippen MR) is 148 cm³/mol. The maximum absolute atomic E-state index is 14.4. The van der Waals surface area contributed by atoms with Crippen LogP contribution in [0, 0.1) is 56.7 Å². The van der Waals surface area contributed by atoms with Crippen LogP contribution in [-0.4, -0.2) is 37.5 Å². The summed E-state index contributed by atoms with van der Waals surface area (Å²) in [5.74, 6) is -3.67. The third-order valence-corrected chi connectivity index (χ3v) is 13.6. The van der Waals surface area contributed by atoms with Gasteiger partial charge in [-0.15, -0.1) is 0 Å². The number of alkyl halides is 3. The molecule has 8 unspecified atom stereocenters. The van der Waals surface area contributed by atoms with Gasteiger partial charge in [-0.2, -0.15) is 18.4 Å². The number of hydrogen-bond donors (Lipinski definition) is 1. The number of allylic oxidation sites excluding steroid dienone is 4. The Labute approximate surface area is 241 Å². The normalized spacial score (nSPS) is 43.9. The molecule has 0 amide bonds. The van der Waals surface area contributed by atoms with E-state index in [4.69, 9.17) is 0 Å². The van der Waals surface area contributed by atoms with Gasteiger partial charge in [-0.1, -0.05) is 53.2 Å². The van der Waals surface area contributed by atoms with E-state index < -0.39 is 55.6 Å². The van der Waals surface area contributed by atoms with Crippen LogP contribution < -0.4 is 4.72 Å². The van der Waals surface area contributed by atoms with Gasteiger partial charge in [0.05, 0.1) is 5.57 Å². The molecule has 0 bridgehead atoms. The molecule has 5 aliphatic carbocycles. The Morgan fingerprint density at radius 1 is 1.02 bits per heavy atom. The number of rotatable bonds is 3. The average molecular weight is 595 g/mol. The number of nitriles is 1. The van der Waals surface area contributed by atoms with Crippen molar-refractivity contribution < 1.29 is 31.2 Å². The zero-order valence-electron chi connectivity index (χ0n) is 24.7. The Morgan fingerprint density at radius 3 is 2.27 bits per heavy atom. The largest absolute Gasteiger partial charge is 0.404 e. The summed E-state index contributed by atoms with van der Waals surface area (Å²) in [7, 11) is -4.69. The second-order valence-electron chi connectivity index (χ2n) is 15.0. The third kappa shape index (κ3) is 4.47. The quantitative estimate of drug-likeness (QED) is 0.429. The Bertz CT molecular complexity index is 1410. The molecule has 0 aliphatic heterocycles. The highest BCUT2D eigenvalue weighted by atomic mass is 32.2. The zero-order valence-corrected chi connectivity index (χ0v) is 25.6. The van der Waals surface area contributed by atoms with E-state index >= 15 is 0 Å². The van der Waals surface area contributed by atoms with Crippen LogP contribution in [0.5, 0.6) is 0 Å². The van der Waals surface area contributed by atoms with Crippen LogP contribution in [0.4, 0.5) is 13.2 Å².